The van der Waals surface area contributed by atoms with Gasteiger partial charge < -0.3 is 15.3 Å². The molecule has 2 N–H and O–H groups in total. The predicted molar refractivity (Wildman–Crippen MR) is 120 cm³/mol. The number of hydrogen-bond donors (Lipinski definition) is 2. The maximum atomic E-state index is 12.8. The molecule has 1 aliphatic rings. The number of sulfonamides is 1. The molecule has 33 heavy (non-hydrogen) atoms. The van der Waals surface area contributed by atoms with Crippen molar-refractivity contribution in [3.05, 3.63) is 68.7 Å². The van der Waals surface area contributed by atoms with Gasteiger partial charge in [-0.3, -0.25) is 10.1 Å². The van der Waals surface area contributed by atoms with Crippen LogP contribution in [0, 0.1) is 10.1 Å². The molecular formula is C20H22N4O7S2. The summed E-state index contributed by atoms with van der Waals surface area (Å²) in [6, 6.07) is 6.95. The summed E-state index contributed by atoms with van der Waals surface area (Å²) in [5, 5.41) is 25.2. The summed E-state index contributed by atoms with van der Waals surface area (Å²) >= 11 is 1.09. The highest BCUT2D eigenvalue weighted by atomic mass is 32.2. The molecule has 2 amide bonds. The molecule has 0 bridgehead atoms. The largest absolute Gasteiger partial charge is 0.478 e. The molecule has 1 atom stereocenters. The number of nitrogens with zero attached hydrogens (tertiary/aromatic N) is 3. The average molecular weight is 495 g/mol. The van der Waals surface area contributed by atoms with E-state index in [1.165, 1.54) is 53.5 Å². The second-order valence-electron chi connectivity index (χ2n) is 7.33. The SMILES string of the molecule is CC1=C(C(=O)O)C(c2cccc([N+](=O)[O-])c2)N(CCCN(C)S(=O)(=O)c2cccs2)C(=O)N1. The summed E-state index contributed by atoms with van der Waals surface area (Å²) in [5.41, 5.74) is 0.0604. The Hall–Kier alpha value is -3.29. The fourth-order valence-electron chi connectivity index (χ4n) is 3.59. The number of rotatable bonds is 9. The number of carboxylic acids is 1. The van der Waals surface area contributed by atoms with Crippen molar-refractivity contribution >= 4 is 39.0 Å². The first kappa shape index (κ1) is 24.4. The van der Waals surface area contributed by atoms with Crippen molar-refractivity contribution in [3.8, 4) is 0 Å². The maximum Gasteiger partial charge on any atom is 0.335 e. The van der Waals surface area contributed by atoms with Gasteiger partial charge in [-0.25, -0.2) is 22.3 Å². The number of thiophene rings is 1. The fraction of sp³-hybridized carbons (Fsp3) is 0.300. The van der Waals surface area contributed by atoms with Crippen molar-refractivity contribution < 1.29 is 28.0 Å². The van der Waals surface area contributed by atoms with Crippen molar-refractivity contribution in [2.75, 3.05) is 20.1 Å². The summed E-state index contributed by atoms with van der Waals surface area (Å²) in [7, 11) is -2.24. The molecule has 0 radical (unpaired) electrons. The molecule has 3 rings (SSSR count). The number of benzene rings is 1. The zero-order chi connectivity index (χ0) is 24.3. The van der Waals surface area contributed by atoms with E-state index in [2.05, 4.69) is 5.32 Å². The Bertz CT molecular complexity index is 1210. The molecule has 2 heterocycles. The maximum absolute atomic E-state index is 12.8. The zero-order valence-electron chi connectivity index (χ0n) is 17.8. The van der Waals surface area contributed by atoms with Gasteiger partial charge in [0, 0.05) is 38.0 Å². The number of aliphatic carboxylic acids is 1. The Morgan fingerprint density at radius 1 is 1.33 bits per heavy atom. The summed E-state index contributed by atoms with van der Waals surface area (Å²) < 4.78 is 26.6. The van der Waals surface area contributed by atoms with Crippen LogP contribution in [0.25, 0.3) is 0 Å². The highest BCUT2D eigenvalue weighted by molar-refractivity contribution is 7.91. The van der Waals surface area contributed by atoms with Crippen LogP contribution in [0.4, 0.5) is 10.5 Å². The van der Waals surface area contributed by atoms with E-state index in [9.17, 15) is 33.2 Å². The minimum Gasteiger partial charge on any atom is -0.478 e. The van der Waals surface area contributed by atoms with Crippen LogP contribution >= 0.6 is 11.3 Å². The molecule has 0 fully saturated rings. The molecule has 1 aromatic carbocycles. The molecule has 1 aromatic heterocycles. The number of nitro groups is 1. The summed E-state index contributed by atoms with van der Waals surface area (Å²) in [4.78, 5) is 36.6. The lowest BCUT2D eigenvalue weighted by atomic mass is 9.93. The van der Waals surface area contributed by atoms with Crippen LogP contribution in [-0.4, -0.2) is 59.8 Å². The van der Waals surface area contributed by atoms with Gasteiger partial charge in [-0.2, -0.15) is 0 Å². The molecule has 0 spiro atoms. The summed E-state index contributed by atoms with van der Waals surface area (Å²) in [6.07, 6.45) is 0.214. The van der Waals surface area contributed by atoms with Gasteiger partial charge in [0.1, 0.15) is 4.21 Å². The van der Waals surface area contributed by atoms with E-state index in [0.29, 0.717) is 0 Å². The molecule has 176 valence electrons. The Kier molecular flexibility index (Phi) is 7.15. The third-order valence-electron chi connectivity index (χ3n) is 5.20. The number of non-ortho nitro benzene ring substituents is 1. The van der Waals surface area contributed by atoms with E-state index >= 15 is 0 Å². The highest BCUT2D eigenvalue weighted by Gasteiger charge is 2.38. The number of urea groups is 1. The molecule has 0 saturated heterocycles. The lowest BCUT2D eigenvalue weighted by molar-refractivity contribution is -0.384. The van der Waals surface area contributed by atoms with Gasteiger partial charge in [-0.15, -0.1) is 11.3 Å². The van der Waals surface area contributed by atoms with Crippen molar-refractivity contribution in [2.24, 2.45) is 0 Å². The third-order valence-corrected chi connectivity index (χ3v) is 8.43. The van der Waals surface area contributed by atoms with Crippen molar-refractivity contribution in [1.82, 2.24) is 14.5 Å². The van der Waals surface area contributed by atoms with Crippen molar-refractivity contribution in [2.45, 2.75) is 23.6 Å². The van der Waals surface area contributed by atoms with Gasteiger partial charge in [-0.05, 0) is 30.4 Å². The number of nitro benzene ring substituents is 1. The third kappa shape index (κ3) is 5.05. The Balaban J connectivity index is 1.87. The van der Waals surface area contributed by atoms with Crippen LogP contribution in [0.5, 0.6) is 0 Å². The number of carbonyl (C=O) groups is 2. The van der Waals surface area contributed by atoms with Crippen molar-refractivity contribution in [3.63, 3.8) is 0 Å². The van der Waals surface area contributed by atoms with Gasteiger partial charge in [0.05, 0.1) is 16.5 Å². The number of nitrogens with one attached hydrogen (secondary N) is 1. The van der Waals surface area contributed by atoms with Gasteiger partial charge in [0.25, 0.3) is 15.7 Å². The smallest absolute Gasteiger partial charge is 0.335 e. The number of allylic oxidation sites excluding steroid dienone is 1. The first-order chi connectivity index (χ1) is 15.5. The molecule has 1 unspecified atom stereocenters. The first-order valence-electron chi connectivity index (χ1n) is 9.80. The fourth-order valence-corrected chi connectivity index (χ4v) is 6.00. The van der Waals surface area contributed by atoms with Crippen LogP contribution < -0.4 is 5.32 Å². The Morgan fingerprint density at radius 2 is 2.06 bits per heavy atom. The number of carbonyl (C=O) groups excluding carboxylic acids is 1. The van der Waals surface area contributed by atoms with Gasteiger partial charge in [0.2, 0.25) is 0 Å². The van der Waals surface area contributed by atoms with Crippen LogP contribution in [0.3, 0.4) is 0 Å². The Morgan fingerprint density at radius 3 is 2.67 bits per heavy atom. The number of amides is 2. The first-order valence-corrected chi connectivity index (χ1v) is 12.1. The molecule has 1 aliphatic heterocycles. The second kappa shape index (κ2) is 9.68. The van der Waals surface area contributed by atoms with E-state index in [-0.39, 0.29) is 46.2 Å². The lowest BCUT2D eigenvalue weighted by Crippen LogP contribution is -2.49. The molecule has 0 aliphatic carbocycles. The average Bonchev–Trinajstić information content (AvgIpc) is 3.30. The molecule has 2 aromatic rings. The number of hydrogen-bond acceptors (Lipinski definition) is 7. The van der Waals surface area contributed by atoms with E-state index < -0.39 is 33.0 Å². The van der Waals surface area contributed by atoms with Crippen LogP contribution in [-0.2, 0) is 14.8 Å². The number of carboxylic acid groups (broad SMARTS) is 1. The normalized spacial score (nSPS) is 16.8. The molecule has 11 nitrogen and oxygen atoms in total. The minimum atomic E-state index is -3.67. The van der Waals surface area contributed by atoms with Crippen LogP contribution in [0.15, 0.2) is 57.3 Å². The van der Waals surface area contributed by atoms with Crippen LogP contribution in [0.1, 0.15) is 24.9 Å². The summed E-state index contributed by atoms with van der Waals surface area (Å²) in [5.74, 6) is -1.27. The molecule has 0 saturated carbocycles. The molecular weight excluding hydrogens is 472 g/mol. The zero-order valence-corrected chi connectivity index (χ0v) is 19.4. The van der Waals surface area contributed by atoms with Gasteiger partial charge in [-0.1, -0.05) is 18.2 Å². The van der Waals surface area contributed by atoms with E-state index in [1.807, 2.05) is 0 Å². The van der Waals surface area contributed by atoms with E-state index in [0.717, 1.165) is 11.3 Å². The monoisotopic (exact) mass is 494 g/mol. The lowest BCUT2D eigenvalue weighted by Gasteiger charge is -2.37. The minimum absolute atomic E-state index is 0.0214. The van der Waals surface area contributed by atoms with Gasteiger partial charge in [0.15, 0.2) is 0 Å². The quantitative estimate of drug-likeness (QED) is 0.402. The standard InChI is InChI=1S/C20H22N4O7S2/c1-13-17(19(25)26)18(14-6-3-7-15(12-14)24(28)29)23(20(27)21-13)10-5-9-22(2)33(30,31)16-8-4-11-32-16/h3-4,6-8,11-12,18H,5,9-10H2,1-2H3,(H,21,27)(H,25,26). The van der Waals surface area contributed by atoms with E-state index in [1.54, 1.807) is 11.4 Å². The Labute approximate surface area is 194 Å². The van der Waals surface area contributed by atoms with Crippen molar-refractivity contribution in [1.29, 1.82) is 0 Å². The van der Waals surface area contributed by atoms with Gasteiger partial charge >= 0.3 is 12.0 Å². The predicted octanol–water partition coefficient (Wildman–Crippen LogP) is 2.79. The van der Waals surface area contributed by atoms with Crippen LogP contribution in [0.2, 0.25) is 0 Å². The highest BCUT2D eigenvalue weighted by Crippen LogP contribution is 2.35. The second-order valence-corrected chi connectivity index (χ2v) is 10.6. The van der Waals surface area contributed by atoms with E-state index in [4.69, 9.17) is 0 Å². The summed E-state index contributed by atoms with van der Waals surface area (Å²) in [6.45, 7) is 1.55. The molecule has 13 heteroatoms. The topological polar surface area (TPSA) is 150 Å².